The summed E-state index contributed by atoms with van der Waals surface area (Å²) in [7, 11) is 0. The van der Waals surface area contributed by atoms with Crippen molar-refractivity contribution in [3.8, 4) is 0 Å². The molecule has 5 heteroatoms. The third kappa shape index (κ3) is 2.17. The van der Waals surface area contributed by atoms with Gasteiger partial charge < -0.3 is 5.32 Å². The van der Waals surface area contributed by atoms with Crippen molar-refractivity contribution in [3.63, 3.8) is 0 Å². The summed E-state index contributed by atoms with van der Waals surface area (Å²) in [6.07, 6.45) is 0.900. The van der Waals surface area contributed by atoms with E-state index in [2.05, 4.69) is 5.32 Å². The fourth-order valence-corrected chi connectivity index (χ4v) is 2.79. The molecule has 96 valence electrons. The highest BCUT2D eigenvalue weighted by Crippen LogP contribution is 2.27. The number of rotatable bonds is 2. The van der Waals surface area contributed by atoms with Gasteiger partial charge in [0.15, 0.2) is 0 Å². The summed E-state index contributed by atoms with van der Waals surface area (Å²) in [5.74, 6) is -1.03. The van der Waals surface area contributed by atoms with Crippen molar-refractivity contribution >= 4 is 28.7 Å². The molecule has 0 bridgehead atoms. The van der Waals surface area contributed by atoms with Gasteiger partial charge in [-0.3, -0.25) is 9.59 Å². The van der Waals surface area contributed by atoms with Crippen molar-refractivity contribution in [2.75, 3.05) is 5.32 Å². The van der Waals surface area contributed by atoms with Crippen LogP contribution in [0.25, 0.3) is 0 Å². The molecule has 3 nitrogen and oxygen atoms in total. The number of hydrogen-bond donors (Lipinski definition) is 1. The van der Waals surface area contributed by atoms with Crippen LogP contribution >= 0.6 is 11.3 Å². The quantitative estimate of drug-likeness (QED) is 0.856. The lowest BCUT2D eigenvalue weighted by Crippen LogP contribution is -2.20. The molecule has 1 aliphatic rings. The average molecular weight is 275 g/mol. The van der Waals surface area contributed by atoms with E-state index in [0.717, 1.165) is 5.56 Å². The molecule has 1 aromatic carbocycles. The zero-order valence-electron chi connectivity index (χ0n) is 9.90. The molecular weight excluding hydrogens is 265 g/mol. The SMILES string of the molecule is O=C1CCc2cc(C(=O)c3cccs3)c(F)cc2N1. The van der Waals surface area contributed by atoms with E-state index in [4.69, 9.17) is 0 Å². The number of nitrogens with one attached hydrogen (secondary N) is 1. The number of amides is 1. The van der Waals surface area contributed by atoms with Crippen molar-refractivity contribution in [2.24, 2.45) is 0 Å². The summed E-state index contributed by atoms with van der Waals surface area (Å²) >= 11 is 1.29. The Bertz CT molecular complexity index is 664. The van der Waals surface area contributed by atoms with Gasteiger partial charge in [0.05, 0.1) is 10.4 Å². The number of carbonyl (C=O) groups is 2. The van der Waals surface area contributed by atoms with E-state index in [1.165, 1.54) is 17.4 Å². The van der Waals surface area contributed by atoms with Gasteiger partial charge in [-0.05, 0) is 35.6 Å². The molecule has 19 heavy (non-hydrogen) atoms. The van der Waals surface area contributed by atoms with Gasteiger partial charge >= 0.3 is 0 Å². The first-order valence-electron chi connectivity index (χ1n) is 5.85. The number of aryl methyl sites for hydroxylation is 1. The summed E-state index contributed by atoms with van der Waals surface area (Å²) in [6, 6.07) is 6.21. The van der Waals surface area contributed by atoms with E-state index in [9.17, 15) is 14.0 Å². The van der Waals surface area contributed by atoms with Gasteiger partial charge in [0.1, 0.15) is 5.82 Å². The van der Waals surface area contributed by atoms with Gasteiger partial charge in [-0.2, -0.15) is 0 Å². The lowest BCUT2D eigenvalue weighted by Gasteiger charge is -2.17. The number of ketones is 1. The van der Waals surface area contributed by atoms with E-state index in [1.54, 1.807) is 23.6 Å². The predicted octanol–water partition coefficient (Wildman–Crippen LogP) is 3.00. The first kappa shape index (κ1) is 12.0. The second-order valence-corrected chi connectivity index (χ2v) is 5.29. The maximum absolute atomic E-state index is 14.0. The maximum Gasteiger partial charge on any atom is 0.224 e. The summed E-state index contributed by atoms with van der Waals surface area (Å²) in [6.45, 7) is 0. The Kier molecular flexibility index (Phi) is 2.91. The summed E-state index contributed by atoms with van der Waals surface area (Å²) in [5.41, 5.74) is 1.34. The Balaban J connectivity index is 2.04. The first-order chi connectivity index (χ1) is 9.15. The van der Waals surface area contributed by atoms with Crippen molar-refractivity contribution in [1.82, 2.24) is 0 Å². The third-order valence-corrected chi connectivity index (χ3v) is 3.95. The number of fused-ring (bicyclic) bond motifs is 1. The van der Waals surface area contributed by atoms with E-state index in [0.29, 0.717) is 23.4 Å². The number of hydrogen-bond acceptors (Lipinski definition) is 3. The summed E-state index contributed by atoms with van der Waals surface area (Å²) in [5, 5.41) is 4.40. The number of carbonyl (C=O) groups excluding carboxylic acids is 2. The molecule has 3 rings (SSSR count). The van der Waals surface area contributed by atoms with Gasteiger partial charge in [0.2, 0.25) is 11.7 Å². The van der Waals surface area contributed by atoms with E-state index in [-0.39, 0.29) is 17.3 Å². The lowest BCUT2D eigenvalue weighted by molar-refractivity contribution is -0.116. The highest BCUT2D eigenvalue weighted by Gasteiger charge is 2.21. The molecule has 0 unspecified atom stereocenters. The van der Waals surface area contributed by atoms with Gasteiger partial charge in [-0.25, -0.2) is 4.39 Å². The standard InChI is InChI=1S/C14H10FNO2S/c15-10-7-11-8(3-4-13(17)16-11)6-9(10)14(18)12-2-1-5-19-12/h1-2,5-7H,3-4H2,(H,16,17). The highest BCUT2D eigenvalue weighted by molar-refractivity contribution is 7.12. The van der Waals surface area contributed by atoms with Crippen LogP contribution in [0.4, 0.5) is 10.1 Å². The molecule has 0 aliphatic carbocycles. The number of halogens is 1. The first-order valence-corrected chi connectivity index (χ1v) is 6.73. The normalized spacial score (nSPS) is 13.8. The zero-order chi connectivity index (χ0) is 13.4. The van der Waals surface area contributed by atoms with Crippen molar-refractivity contribution in [3.05, 3.63) is 51.5 Å². The van der Waals surface area contributed by atoms with Crippen LogP contribution in [-0.4, -0.2) is 11.7 Å². The molecule has 2 aromatic rings. The molecule has 0 spiro atoms. The molecule has 1 aromatic heterocycles. The van der Waals surface area contributed by atoms with Crippen LogP contribution in [-0.2, 0) is 11.2 Å². The van der Waals surface area contributed by atoms with Gasteiger partial charge in [0, 0.05) is 12.1 Å². The Hall–Kier alpha value is -2.01. The fourth-order valence-electron chi connectivity index (χ4n) is 2.12. The molecule has 0 radical (unpaired) electrons. The molecule has 0 saturated carbocycles. The molecule has 2 heterocycles. The van der Waals surface area contributed by atoms with Crippen LogP contribution in [0.1, 0.15) is 27.2 Å². The van der Waals surface area contributed by atoms with Crippen molar-refractivity contribution < 1.29 is 14.0 Å². The Morgan fingerprint density at radius 2 is 2.16 bits per heavy atom. The number of benzene rings is 1. The molecule has 1 N–H and O–H groups in total. The fraction of sp³-hybridized carbons (Fsp3) is 0.143. The largest absolute Gasteiger partial charge is 0.326 e. The minimum atomic E-state index is -0.598. The van der Waals surface area contributed by atoms with Gasteiger partial charge in [-0.15, -0.1) is 11.3 Å². The van der Waals surface area contributed by atoms with Crippen LogP contribution in [0.3, 0.4) is 0 Å². The minimum Gasteiger partial charge on any atom is -0.326 e. The smallest absolute Gasteiger partial charge is 0.224 e. The van der Waals surface area contributed by atoms with Crippen LogP contribution in [0, 0.1) is 5.82 Å². The molecule has 0 atom stereocenters. The molecule has 1 amide bonds. The Morgan fingerprint density at radius 1 is 1.32 bits per heavy atom. The molecular formula is C14H10FNO2S. The van der Waals surface area contributed by atoms with Crippen molar-refractivity contribution in [1.29, 1.82) is 0 Å². The topological polar surface area (TPSA) is 46.2 Å². The minimum absolute atomic E-state index is 0.0670. The Labute approximate surface area is 113 Å². The zero-order valence-corrected chi connectivity index (χ0v) is 10.7. The van der Waals surface area contributed by atoms with Crippen molar-refractivity contribution in [2.45, 2.75) is 12.8 Å². The molecule has 1 aliphatic heterocycles. The van der Waals surface area contributed by atoms with Crippen LogP contribution in [0.2, 0.25) is 0 Å². The van der Waals surface area contributed by atoms with Crippen LogP contribution < -0.4 is 5.32 Å². The lowest BCUT2D eigenvalue weighted by atomic mass is 9.98. The summed E-state index contributed by atoms with van der Waals surface area (Å²) in [4.78, 5) is 23.9. The average Bonchev–Trinajstić information content (AvgIpc) is 2.91. The van der Waals surface area contributed by atoms with Gasteiger partial charge in [0.25, 0.3) is 0 Å². The predicted molar refractivity (Wildman–Crippen MR) is 71.1 cm³/mol. The van der Waals surface area contributed by atoms with Crippen LogP contribution in [0.5, 0.6) is 0 Å². The third-order valence-electron chi connectivity index (χ3n) is 3.08. The van der Waals surface area contributed by atoms with Crippen LogP contribution in [0.15, 0.2) is 29.6 Å². The Morgan fingerprint density at radius 3 is 2.89 bits per heavy atom. The van der Waals surface area contributed by atoms with E-state index >= 15 is 0 Å². The summed E-state index contributed by atoms with van der Waals surface area (Å²) < 4.78 is 14.0. The monoisotopic (exact) mass is 275 g/mol. The maximum atomic E-state index is 14.0. The number of anilines is 1. The second-order valence-electron chi connectivity index (χ2n) is 4.34. The van der Waals surface area contributed by atoms with E-state index < -0.39 is 5.82 Å². The highest BCUT2D eigenvalue weighted by atomic mass is 32.1. The second kappa shape index (κ2) is 4.59. The van der Waals surface area contributed by atoms with E-state index in [1.807, 2.05) is 0 Å². The molecule has 0 fully saturated rings. The van der Waals surface area contributed by atoms with Gasteiger partial charge in [-0.1, -0.05) is 6.07 Å². The molecule has 0 saturated heterocycles. The number of thiophene rings is 1.